The number of nitrogens with zero attached hydrogens (tertiary/aromatic N) is 2. The highest BCUT2D eigenvalue weighted by Gasteiger charge is 2.32. The van der Waals surface area contributed by atoms with Gasteiger partial charge in [-0.05, 0) is 32.9 Å². The maximum atomic E-state index is 12.5. The monoisotopic (exact) mass is 548 g/mol. The van der Waals surface area contributed by atoms with Gasteiger partial charge in [-0.25, -0.2) is 4.79 Å². The maximum Gasteiger partial charge on any atom is 0.573 e. The van der Waals surface area contributed by atoms with Crippen LogP contribution in [0.5, 0.6) is 5.75 Å². The number of ether oxygens (including phenoxy) is 3. The van der Waals surface area contributed by atoms with Crippen molar-refractivity contribution in [3.8, 4) is 5.75 Å². The third-order valence-electron chi connectivity index (χ3n) is 3.24. The van der Waals surface area contributed by atoms with Crippen molar-refractivity contribution in [3.05, 3.63) is 24.3 Å². The number of guanidine groups is 1. The number of alkyl halides is 3. The Balaban J connectivity index is 0.00000841. The number of carbonyl (C=O) groups is 1. The van der Waals surface area contributed by atoms with E-state index in [1.54, 1.807) is 20.8 Å². The topological polar surface area (TPSA) is 98.4 Å². The Labute approximate surface area is 190 Å². The minimum Gasteiger partial charge on any atom is -0.444 e. The van der Waals surface area contributed by atoms with Gasteiger partial charge < -0.3 is 30.2 Å². The first-order valence-electron chi connectivity index (χ1n) is 8.80. The number of nitrogens with two attached hydrogens (primary N) is 1. The van der Waals surface area contributed by atoms with Gasteiger partial charge in [-0.15, -0.1) is 37.1 Å². The standard InChI is InChI=1S/C18H27F3N4O4.HI/c1-17(2,3)29-16(26)25(11-12-27-4)10-9-23-15(22)24-13-7-5-6-8-14(13)28-18(19,20)21;/h5-8H,9-12H2,1-4H3,(H3,22,23,24);1H. The molecule has 0 radical (unpaired) electrons. The Morgan fingerprint density at radius 3 is 2.40 bits per heavy atom. The quantitative estimate of drug-likeness (QED) is 0.292. The highest BCUT2D eigenvalue weighted by Crippen LogP contribution is 2.29. The second-order valence-electron chi connectivity index (χ2n) is 6.90. The molecule has 0 atom stereocenters. The molecule has 0 saturated heterocycles. The molecule has 0 heterocycles. The molecule has 0 unspecified atom stereocenters. The summed E-state index contributed by atoms with van der Waals surface area (Å²) in [5, 5.41) is 2.56. The van der Waals surface area contributed by atoms with Gasteiger partial charge >= 0.3 is 12.5 Å². The van der Waals surface area contributed by atoms with Crippen LogP contribution in [0.4, 0.5) is 23.7 Å². The summed E-state index contributed by atoms with van der Waals surface area (Å²) < 4.78 is 51.7. The Hall–Kier alpha value is -1.96. The van der Waals surface area contributed by atoms with Gasteiger partial charge in [0.05, 0.1) is 18.8 Å². The van der Waals surface area contributed by atoms with Crippen LogP contribution in [-0.4, -0.2) is 62.3 Å². The lowest BCUT2D eigenvalue weighted by atomic mass is 10.2. The molecule has 0 aliphatic carbocycles. The predicted octanol–water partition coefficient (Wildman–Crippen LogP) is 3.81. The van der Waals surface area contributed by atoms with E-state index in [9.17, 15) is 18.0 Å². The molecule has 30 heavy (non-hydrogen) atoms. The van der Waals surface area contributed by atoms with Crippen molar-refractivity contribution in [2.24, 2.45) is 10.7 Å². The van der Waals surface area contributed by atoms with E-state index >= 15 is 0 Å². The van der Waals surface area contributed by atoms with Gasteiger partial charge in [0, 0.05) is 20.2 Å². The van der Waals surface area contributed by atoms with E-state index < -0.39 is 23.8 Å². The van der Waals surface area contributed by atoms with E-state index in [1.165, 1.54) is 30.2 Å². The van der Waals surface area contributed by atoms with Crippen molar-refractivity contribution in [3.63, 3.8) is 0 Å². The number of hydrogen-bond donors (Lipinski definition) is 2. The van der Waals surface area contributed by atoms with Crippen LogP contribution in [0, 0.1) is 0 Å². The molecule has 8 nitrogen and oxygen atoms in total. The number of rotatable bonds is 8. The number of aliphatic imine (C=N–C) groups is 1. The third-order valence-corrected chi connectivity index (χ3v) is 3.24. The zero-order valence-corrected chi connectivity index (χ0v) is 19.6. The van der Waals surface area contributed by atoms with Crippen molar-refractivity contribution in [1.29, 1.82) is 0 Å². The molecule has 1 amide bonds. The summed E-state index contributed by atoms with van der Waals surface area (Å²) in [7, 11) is 1.51. The van der Waals surface area contributed by atoms with Gasteiger partial charge in [0.2, 0.25) is 0 Å². The summed E-state index contributed by atoms with van der Waals surface area (Å²) in [5.41, 5.74) is 5.10. The molecule has 0 bridgehead atoms. The molecule has 172 valence electrons. The summed E-state index contributed by atoms with van der Waals surface area (Å²) in [6, 6.07) is 5.44. The van der Waals surface area contributed by atoms with Gasteiger partial charge in [0.1, 0.15) is 5.60 Å². The molecule has 3 N–H and O–H groups in total. The largest absolute Gasteiger partial charge is 0.573 e. The second-order valence-corrected chi connectivity index (χ2v) is 6.90. The van der Waals surface area contributed by atoms with Crippen LogP contribution in [0.1, 0.15) is 20.8 Å². The molecule has 1 aromatic carbocycles. The first-order chi connectivity index (χ1) is 13.4. The van der Waals surface area contributed by atoms with Crippen LogP contribution >= 0.6 is 24.0 Å². The van der Waals surface area contributed by atoms with Crippen LogP contribution in [0.3, 0.4) is 0 Å². The lowest BCUT2D eigenvalue weighted by Gasteiger charge is -2.26. The zero-order valence-electron chi connectivity index (χ0n) is 17.3. The van der Waals surface area contributed by atoms with Crippen molar-refractivity contribution in [1.82, 2.24) is 4.90 Å². The average Bonchev–Trinajstić information content (AvgIpc) is 2.56. The number of nitrogens with one attached hydrogen (secondary N) is 1. The van der Waals surface area contributed by atoms with Crippen LogP contribution in [-0.2, 0) is 9.47 Å². The Kier molecular flexibility index (Phi) is 11.8. The molecule has 0 aliphatic heterocycles. The van der Waals surface area contributed by atoms with Crippen LogP contribution < -0.4 is 15.8 Å². The van der Waals surface area contributed by atoms with E-state index in [2.05, 4.69) is 15.0 Å². The normalized spacial score (nSPS) is 12.0. The Morgan fingerprint density at radius 1 is 1.20 bits per heavy atom. The number of hydrogen-bond acceptors (Lipinski definition) is 5. The summed E-state index contributed by atoms with van der Waals surface area (Å²) >= 11 is 0. The molecule has 12 heteroatoms. The molecule has 0 saturated carbocycles. The minimum absolute atomic E-state index is 0. The first kappa shape index (κ1) is 28.0. The number of benzene rings is 1. The van der Waals surface area contributed by atoms with Crippen LogP contribution in [0.15, 0.2) is 29.3 Å². The fraction of sp³-hybridized carbons (Fsp3) is 0.556. The number of anilines is 1. The molecule has 0 spiro atoms. The number of amides is 1. The fourth-order valence-corrected chi connectivity index (χ4v) is 2.07. The van der Waals surface area contributed by atoms with E-state index in [4.69, 9.17) is 15.2 Å². The van der Waals surface area contributed by atoms with E-state index in [0.29, 0.717) is 6.61 Å². The van der Waals surface area contributed by atoms with Gasteiger partial charge in [-0.2, -0.15) is 0 Å². The lowest BCUT2D eigenvalue weighted by molar-refractivity contribution is -0.274. The van der Waals surface area contributed by atoms with Crippen molar-refractivity contribution in [2.75, 3.05) is 38.7 Å². The highest BCUT2D eigenvalue weighted by atomic mass is 127. The third kappa shape index (κ3) is 11.9. The average molecular weight is 548 g/mol. The van der Waals surface area contributed by atoms with Crippen LogP contribution in [0.25, 0.3) is 0 Å². The second kappa shape index (κ2) is 12.7. The number of para-hydroxylation sites is 2. The zero-order chi connectivity index (χ0) is 22.1. The predicted molar refractivity (Wildman–Crippen MR) is 118 cm³/mol. The molecule has 0 aliphatic rings. The number of methoxy groups -OCH3 is 1. The number of halogens is 4. The van der Waals surface area contributed by atoms with E-state index in [1.807, 2.05) is 0 Å². The summed E-state index contributed by atoms with van der Waals surface area (Å²) in [5.74, 6) is -0.562. The Bertz CT molecular complexity index is 697. The molecule has 1 rings (SSSR count). The first-order valence-corrected chi connectivity index (χ1v) is 8.80. The number of carbonyl (C=O) groups excluding carboxylic acids is 1. The SMILES string of the molecule is COCCN(CCN=C(N)Nc1ccccc1OC(F)(F)F)C(=O)OC(C)(C)C.I. The molecular weight excluding hydrogens is 520 g/mol. The van der Waals surface area contributed by atoms with Gasteiger partial charge in [-0.1, -0.05) is 12.1 Å². The van der Waals surface area contributed by atoms with Crippen LogP contribution in [0.2, 0.25) is 0 Å². The smallest absolute Gasteiger partial charge is 0.444 e. The maximum absolute atomic E-state index is 12.5. The summed E-state index contributed by atoms with van der Waals surface area (Å²) in [4.78, 5) is 17.7. The molecule has 0 fully saturated rings. The molecule has 0 aromatic heterocycles. The molecular formula is C18H28F3IN4O4. The van der Waals surface area contributed by atoms with E-state index in [0.717, 1.165) is 6.07 Å². The van der Waals surface area contributed by atoms with Crippen molar-refractivity contribution in [2.45, 2.75) is 32.7 Å². The van der Waals surface area contributed by atoms with Crippen molar-refractivity contribution >= 4 is 41.7 Å². The van der Waals surface area contributed by atoms with Gasteiger partial charge in [0.15, 0.2) is 11.7 Å². The summed E-state index contributed by atoms with van der Waals surface area (Å²) in [6.45, 7) is 6.13. The lowest BCUT2D eigenvalue weighted by Crippen LogP contribution is -2.40. The summed E-state index contributed by atoms with van der Waals surface area (Å²) in [6.07, 6.45) is -5.36. The fourth-order valence-electron chi connectivity index (χ4n) is 2.07. The van der Waals surface area contributed by atoms with Gasteiger partial charge in [-0.3, -0.25) is 4.99 Å². The molecule has 1 aromatic rings. The van der Waals surface area contributed by atoms with Gasteiger partial charge in [0.25, 0.3) is 0 Å². The Morgan fingerprint density at radius 2 is 1.83 bits per heavy atom. The highest BCUT2D eigenvalue weighted by molar-refractivity contribution is 14.0. The van der Waals surface area contributed by atoms with Crippen molar-refractivity contribution < 1.29 is 32.2 Å². The minimum atomic E-state index is -4.83. The van der Waals surface area contributed by atoms with E-state index in [-0.39, 0.29) is 55.3 Å².